The van der Waals surface area contributed by atoms with E-state index in [-0.39, 0.29) is 12.0 Å². The van der Waals surface area contributed by atoms with Crippen LogP contribution in [0.15, 0.2) is 18.2 Å². The van der Waals surface area contributed by atoms with Crippen LogP contribution in [0.5, 0.6) is 0 Å². The molecule has 1 atom stereocenters. The number of aryl methyl sites for hydroxylation is 1. The van der Waals surface area contributed by atoms with Gasteiger partial charge in [-0.2, -0.15) is 0 Å². The minimum atomic E-state index is -0.449. The van der Waals surface area contributed by atoms with E-state index in [4.69, 9.17) is 16.3 Å². The summed E-state index contributed by atoms with van der Waals surface area (Å²) in [6.07, 6.45) is -0.195. The largest absolute Gasteiger partial charge is 0.367 e. The van der Waals surface area contributed by atoms with Crippen molar-refractivity contribution in [3.8, 4) is 0 Å². The third-order valence-electron chi connectivity index (χ3n) is 3.23. The molecule has 1 amide bonds. The molecule has 5 heteroatoms. The second-order valence-corrected chi connectivity index (χ2v) is 6.17. The molecule has 0 aromatic heterocycles. The van der Waals surface area contributed by atoms with Gasteiger partial charge >= 0.3 is 0 Å². The van der Waals surface area contributed by atoms with Crippen LogP contribution in [-0.2, 0) is 4.74 Å². The number of nitrogens with zero attached hydrogens (tertiary/aromatic N) is 1. The molecule has 0 bridgehead atoms. The number of rotatable bonds is 2. The SMILES string of the molecule is Cc1cc(F)cc(C(=O)N2CC(CCl)OC(C)(C)C2)c1. The Hall–Kier alpha value is -1.13. The fraction of sp³-hybridized carbons (Fsp3) is 0.533. The maximum Gasteiger partial charge on any atom is 0.254 e. The summed E-state index contributed by atoms with van der Waals surface area (Å²) in [4.78, 5) is 14.2. The fourth-order valence-corrected chi connectivity index (χ4v) is 2.73. The van der Waals surface area contributed by atoms with Crippen LogP contribution in [0.25, 0.3) is 0 Å². The second kappa shape index (κ2) is 5.70. The van der Waals surface area contributed by atoms with Gasteiger partial charge in [0, 0.05) is 18.7 Å². The minimum Gasteiger partial charge on any atom is -0.367 e. The van der Waals surface area contributed by atoms with E-state index in [2.05, 4.69) is 0 Å². The Morgan fingerprint density at radius 1 is 1.50 bits per heavy atom. The summed E-state index contributed by atoms with van der Waals surface area (Å²) in [5.41, 5.74) is 0.652. The van der Waals surface area contributed by atoms with E-state index in [1.54, 1.807) is 17.9 Å². The molecule has 1 aromatic rings. The quantitative estimate of drug-likeness (QED) is 0.786. The molecule has 1 saturated heterocycles. The van der Waals surface area contributed by atoms with E-state index in [0.717, 1.165) is 5.56 Å². The number of halogens is 2. The van der Waals surface area contributed by atoms with Crippen LogP contribution in [0.1, 0.15) is 29.8 Å². The molecular formula is C15H19ClFNO2. The van der Waals surface area contributed by atoms with E-state index < -0.39 is 11.4 Å². The molecule has 0 radical (unpaired) electrons. The average Bonchev–Trinajstić information content (AvgIpc) is 2.34. The maximum absolute atomic E-state index is 13.4. The van der Waals surface area contributed by atoms with Crippen molar-refractivity contribution in [1.29, 1.82) is 0 Å². The van der Waals surface area contributed by atoms with E-state index in [0.29, 0.717) is 24.5 Å². The van der Waals surface area contributed by atoms with Crippen molar-refractivity contribution >= 4 is 17.5 Å². The van der Waals surface area contributed by atoms with Crippen LogP contribution in [-0.4, -0.2) is 41.5 Å². The van der Waals surface area contributed by atoms with Gasteiger partial charge in [-0.3, -0.25) is 4.79 Å². The van der Waals surface area contributed by atoms with Gasteiger partial charge in [0.15, 0.2) is 0 Å². The van der Waals surface area contributed by atoms with Gasteiger partial charge < -0.3 is 9.64 Å². The molecule has 1 unspecified atom stereocenters. The highest BCUT2D eigenvalue weighted by molar-refractivity contribution is 6.18. The van der Waals surface area contributed by atoms with E-state index in [9.17, 15) is 9.18 Å². The van der Waals surface area contributed by atoms with Gasteiger partial charge in [0.25, 0.3) is 5.91 Å². The highest BCUT2D eigenvalue weighted by atomic mass is 35.5. The van der Waals surface area contributed by atoms with Crippen molar-refractivity contribution < 1.29 is 13.9 Å². The molecule has 3 nitrogen and oxygen atoms in total. The zero-order chi connectivity index (χ0) is 14.9. The molecule has 1 aliphatic rings. The summed E-state index contributed by atoms with van der Waals surface area (Å²) >= 11 is 5.85. The molecule has 1 heterocycles. The first-order valence-electron chi connectivity index (χ1n) is 6.61. The van der Waals surface area contributed by atoms with Crippen LogP contribution < -0.4 is 0 Å². The number of carbonyl (C=O) groups excluding carboxylic acids is 1. The third-order valence-corrected chi connectivity index (χ3v) is 3.57. The van der Waals surface area contributed by atoms with Gasteiger partial charge in [-0.1, -0.05) is 0 Å². The minimum absolute atomic E-state index is 0.181. The van der Waals surface area contributed by atoms with Gasteiger partial charge in [-0.25, -0.2) is 4.39 Å². The van der Waals surface area contributed by atoms with Crippen molar-refractivity contribution in [3.63, 3.8) is 0 Å². The van der Waals surface area contributed by atoms with Gasteiger partial charge in [0.2, 0.25) is 0 Å². The lowest BCUT2D eigenvalue weighted by Crippen LogP contribution is -2.55. The zero-order valence-electron chi connectivity index (χ0n) is 12.0. The van der Waals surface area contributed by atoms with Gasteiger partial charge in [-0.05, 0) is 44.5 Å². The number of carbonyl (C=O) groups is 1. The summed E-state index contributed by atoms with van der Waals surface area (Å²) in [5, 5.41) is 0. The zero-order valence-corrected chi connectivity index (χ0v) is 12.7. The summed E-state index contributed by atoms with van der Waals surface area (Å²) in [7, 11) is 0. The standard InChI is InChI=1S/C15H19ClFNO2/c1-10-4-11(6-12(17)5-10)14(19)18-8-13(7-16)20-15(2,3)9-18/h4-6,13H,7-9H2,1-3H3. The first-order chi connectivity index (χ1) is 9.30. The van der Waals surface area contributed by atoms with Gasteiger partial charge in [0.1, 0.15) is 5.82 Å². The number of alkyl halides is 1. The predicted molar refractivity (Wildman–Crippen MR) is 76.7 cm³/mol. The maximum atomic E-state index is 13.4. The summed E-state index contributed by atoms with van der Waals surface area (Å²) in [6, 6.07) is 4.37. The summed E-state index contributed by atoms with van der Waals surface area (Å²) in [5.74, 6) is -0.246. The first-order valence-corrected chi connectivity index (χ1v) is 7.14. The Kier molecular flexibility index (Phi) is 4.35. The molecule has 0 spiro atoms. The van der Waals surface area contributed by atoms with Crippen molar-refractivity contribution in [1.82, 2.24) is 4.90 Å². The number of morpholine rings is 1. The van der Waals surface area contributed by atoms with Gasteiger partial charge in [0.05, 0.1) is 17.6 Å². The Morgan fingerprint density at radius 2 is 2.20 bits per heavy atom. The Labute approximate surface area is 123 Å². The number of hydrogen-bond donors (Lipinski definition) is 0. The monoisotopic (exact) mass is 299 g/mol. The Morgan fingerprint density at radius 3 is 2.80 bits per heavy atom. The average molecular weight is 300 g/mol. The predicted octanol–water partition coefficient (Wildman–Crippen LogP) is 2.99. The first kappa shape index (κ1) is 15.3. The number of benzene rings is 1. The number of amides is 1. The van der Waals surface area contributed by atoms with Crippen LogP contribution in [0, 0.1) is 12.7 Å². The normalized spacial score (nSPS) is 21.9. The molecule has 110 valence electrons. The summed E-state index contributed by atoms with van der Waals surface area (Å²) < 4.78 is 19.2. The fourth-order valence-electron chi connectivity index (χ4n) is 2.57. The van der Waals surface area contributed by atoms with Crippen LogP contribution in [0.3, 0.4) is 0 Å². The molecular weight excluding hydrogens is 281 g/mol. The molecule has 0 N–H and O–H groups in total. The lowest BCUT2D eigenvalue weighted by atomic mass is 10.0. The topological polar surface area (TPSA) is 29.5 Å². The van der Waals surface area contributed by atoms with E-state index in [1.165, 1.54) is 12.1 Å². The third kappa shape index (κ3) is 3.49. The lowest BCUT2D eigenvalue weighted by molar-refractivity contribution is -0.117. The Balaban J connectivity index is 2.23. The smallest absolute Gasteiger partial charge is 0.254 e. The molecule has 2 rings (SSSR count). The van der Waals surface area contributed by atoms with Crippen molar-refractivity contribution in [2.75, 3.05) is 19.0 Å². The highest BCUT2D eigenvalue weighted by Gasteiger charge is 2.35. The van der Waals surface area contributed by atoms with E-state index >= 15 is 0 Å². The molecule has 1 aliphatic heterocycles. The van der Waals surface area contributed by atoms with Crippen LogP contribution >= 0.6 is 11.6 Å². The van der Waals surface area contributed by atoms with Crippen molar-refractivity contribution in [2.45, 2.75) is 32.5 Å². The molecule has 20 heavy (non-hydrogen) atoms. The molecule has 0 aliphatic carbocycles. The molecule has 1 fully saturated rings. The highest BCUT2D eigenvalue weighted by Crippen LogP contribution is 2.23. The van der Waals surface area contributed by atoms with Gasteiger partial charge in [-0.15, -0.1) is 11.6 Å². The van der Waals surface area contributed by atoms with Crippen molar-refractivity contribution in [3.05, 3.63) is 35.1 Å². The number of ether oxygens (including phenoxy) is 1. The Bertz CT molecular complexity index is 498. The van der Waals surface area contributed by atoms with E-state index in [1.807, 2.05) is 13.8 Å². The van der Waals surface area contributed by atoms with Crippen LogP contribution in [0.2, 0.25) is 0 Å². The lowest BCUT2D eigenvalue weighted by Gasteiger charge is -2.42. The molecule has 1 aromatic carbocycles. The molecule has 0 saturated carbocycles. The number of hydrogen-bond acceptors (Lipinski definition) is 2. The van der Waals surface area contributed by atoms with Crippen LogP contribution in [0.4, 0.5) is 4.39 Å². The summed E-state index contributed by atoms with van der Waals surface area (Å²) in [6.45, 7) is 6.51. The second-order valence-electron chi connectivity index (χ2n) is 5.86. The van der Waals surface area contributed by atoms with Crippen molar-refractivity contribution in [2.24, 2.45) is 0 Å².